The second-order valence-corrected chi connectivity index (χ2v) is 3.38. The highest BCUT2D eigenvalue weighted by atomic mass is 35.5. The van der Waals surface area contributed by atoms with E-state index in [0.717, 1.165) is 12.2 Å². The average molecular weight is 186 g/mol. The van der Waals surface area contributed by atoms with Crippen molar-refractivity contribution in [3.05, 3.63) is 23.8 Å². The van der Waals surface area contributed by atoms with Crippen molar-refractivity contribution in [1.82, 2.24) is 14.8 Å². The van der Waals surface area contributed by atoms with Crippen LogP contribution in [0.5, 0.6) is 0 Å². The van der Waals surface area contributed by atoms with Crippen LogP contribution in [0.2, 0.25) is 0 Å². The minimum Gasteiger partial charge on any atom is -0.250 e. The topological polar surface area (TPSA) is 30.7 Å². The first-order valence-electron chi connectivity index (χ1n) is 3.80. The zero-order valence-corrected chi connectivity index (χ0v) is 8.04. The first-order chi connectivity index (χ1) is 5.59. The molecule has 0 fully saturated rings. The maximum absolute atomic E-state index is 5.67. The van der Waals surface area contributed by atoms with Crippen molar-refractivity contribution in [1.29, 1.82) is 0 Å². The molecule has 0 aliphatic heterocycles. The summed E-state index contributed by atoms with van der Waals surface area (Å²) in [6, 6.07) is 0.233. The highest BCUT2D eigenvalue weighted by Gasteiger charge is 2.06. The molecule has 12 heavy (non-hydrogen) atoms. The van der Waals surface area contributed by atoms with Crippen LogP contribution in [0.1, 0.15) is 25.2 Å². The minimum absolute atomic E-state index is 0.233. The Balaban J connectivity index is 2.64. The molecule has 0 saturated carbocycles. The molecular weight excluding hydrogens is 174 g/mol. The van der Waals surface area contributed by atoms with Gasteiger partial charge in [0.1, 0.15) is 12.2 Å². The molecule has 3 nitrogen and oxygen atoms in total. The lowest BCUT2D eigenvalue weighted by atomic mass is 10.2. The minimum atomic E-state index is 0.233. The molecule has 1 heterocycles. The van der Waals surface area contributed by atoms with Gasteiger partial charge < -0.3 is 0 Å². The number of hydrogen-bond acceptors (Lipinski definition) is 2. The van der Waals surface area contributed by atoms with Crippen LogP contribution in [0, 0.1) is 6.92 Å². The molecule has 0 N–H and O–H groups in total. The number of nitrogens with zero attached hydrogens (tertiary/aromatic N) is 3. The molecule has 1 aromatic rings. The lowest BCUT2D eigenvalue weighted by molar-refractivity contribution is 0.490. The van der Waals surface area contributed by atoms with Crippen molar-refractivity contribution in [2.24, 2.45) is 0 Å². The van der Waals surface area contributed by atoms with Crippen molar-refractivity contribution in [3.8, 4) is 0 Å². The van der Waals surface area contributed by atoms with Crippen LogP contribution >= 0.6 is 11.6 Å². The van der Waals surface area contributed by atoms with Crippen molar-refractivity contribution >= 4 is 11.6 Å². The Morgan fingerprint density at radius 2 is 2.50 bits per heavy atom. The van der Waals surface area contributed by atoms with Crippen LogP contribution in [-0.2, 0) is 0 Å². The van der Waals surface area contributed by atoms with Crippen molar-refractivity contribution in [2.45, 2.75) is 26.3 Å². The Bertz CT molecular complexity index is 280. The molecule has 0 amide bonds. The van der Waals surface area contributed by atoms with Gasteiger partial charge in [-0.05, 0) is 13.8 Å². The molecule has 66 valence electrons. The van der Waals surface area contributed by atoms with Crippen LogP contribution in [0.4, 0.5) is 0 Å². The van der Waals surface area contributed by atoms with E-state index in [1.54, 1.807) is 11.0 Å². The van der Waals surface area contributed by atoms with Crippen LogP contribution < -0.4 is 0 Å². The first kappa shape index (κ1) is 9.26. The van der Waals surface area contributed by atoms with Crippen molar-refractivity contribution in [2.75, 3.05) is 0 Å². The second kappa shape index (κ2) is 3.72. The van der Waals surface area contributed by atoms with Gasteiger partial charge in [-0.2, -0.15) is 5.10 Å². The van der Waals surface area contributed by atoms with E-state index in [-0.39, 0.29) is 6.04 Å². The Kier molecular flexibility index (Phi) is 2.87. The fraction of sp³-hybridized carbons (Fsp3) is 0.500. The standard InChI is InChI=1S/C8H12ClN3/c1-6(9)4-7(2)12-5-10-8(3)11-12/h5,7H,1,4H2,2-3H3. The maximum Gasteiger partial charge on any atom is 0.147 e. The normalized spacial score (nSPS) is 12.9. The van der Waals surface area contributed by atoms with Crippen molar-refractivity contribution in [3.63, 3.8) is 0 Å². The summed E-state index contributed by atoms with van der Waals surface area (Å²) in [6.45, 7) is 7.52. The Morgan fingerprint density at radius 3 is 2.92 bits per heavy atom. The van der Waals surface area contributed by atoms with E-state index in [4.69, 9.17) is 11.6 Å². The zero-order valence-electron chi connectivity index (χ0n) is 7.29. The Labute approximate surface area is 77.1 Å². The smallest absolute Gasteiger partial charge is 0.147 e. The summed E-state index contributed by atoms with van der Waals surface area (Å²) in [5, 5.41) is 4.82. The maximum atomic E-state index is 5.67. The quantitative estimate of drug-likeness (QED) is 0.724. The first-order valence-corrected chi connectivity index (χ1v) is 4.18. The summed E-state index contributed by atoms with van der Waals surface area (Å²) in [5.41, 5.74) is 0. The van der Waals surface area contributed by atoms with E-state index in [9.17, 15) is 0 Å². The molecule has 0 aromatic carbocycles. The predicted molar refractivity (Wildman–Crippen MR) is 49.1 cm³/mol. The molecule has 0 bridgehead atoms. The van der Waals surface area contributed by atoms with Gasteiger partial charge in [0.15, 0.2) is 0 Å². The number of aromatic nitrogens is 3. The number of allylic oxidation sites excluding steroid dienone is 1. The third kappa shape index (κ3) is 2.34. The van der Waals surface area contributed by atoms with Gasteiger partial charge in [-0.25, -0.2) is 9.67 Å². The summed E-state index contributed by atoms with van der Waals surface area (Å²) in [7, 11) is 0. The highest BCUT2D eigenvalue weighted by Crippen LogP contribution is 2.16. The van der Waals surface area contributed by atoms with Gasteiger partial charge in [0.2, 0.25) is 0 Å². The van der Waals surface area contributed by atoms with E-state index in [2.05, 4.69) is 16.7 Å². The monoisotopic (exact) mass is 185 g/mol. The van der Waals surface area contributed by atoms with Crippen molar-refractivity contribution < 1.29 is 0 Å². The van der Waals surface area contributed by atoms with Gasteiger partial charge >= 0.3 is 0 Å². The van der Waals surface area contributed by atoms with E-state index >= 15 is 0 Å². The van der Waals surface area contributed by atoms with Crippen LogP contribution in [0.15, 0.2) is 17.9 Å². The SMILES string of the molecule is C=C(Cl)CC(C)n1cnc(C)n1. The number of halogens is 1. The second-order valence-electron chi connectivity index (χ2n) is 2.84. The van der Waals surface area contributed by atoms with E-state index in [1.165, 1.54) is 0 Å². The molecule has 1 aromatic heterocycles. The lowest BCUT2D eigenvalue weighted by Crippen LogP contribution is -2.05. The number of hydrogen-bond donors (Lipinski definition) is 0. The molecule has 0 spiro atoms. The van der Waals surface area contributed by atoms with Crippen LogP contribution in [0.3, 0.4) is 0 Å². The third-order valence-electron chi connectivity index (χ3n) is 1.59. The molecular formula is C8H12ClN3. The molecule has 0 aliphatic rings. The van der Waals surface area contributed by atoms with Crippen LogP contribution in [-0.4, -0.2) is 14.8 Å². The Morgan fingerprint density at radius 1 is 1.83 bits per heavy atom. The molecule has 0 radical (unpaired) electrons. The largest absolute Gasteiger partial charge is 0.250 e. The summed E-state index contributed by atoms with van der Waals surface area (Å²) < 4.78 is 1.79. The molecule has 1 rings (SSSR count). The Hall–Kier alpha value is -0.830. The summed E-state index contributed by atoms with van der Waals surface area (Å²) >= 11 is 5.67. The fourth-order valence-corrected chi connectivity index (χ4v) is 1.21. The van der Waals surface area contributed by atoms with Gasteiger partial charge in [-0.3, -0.25) is 0 Å². The van der Waals surface area contributed by atoms with Crippen LogP contribution in [0.25, 0.3) is 0 Å². The zero-order chi connectivity index (χ0) is 9.14. The van der Waals surface area contributed by atoms with Gasteiger partial charge in [0, 0.05) is 11.5 Å². The summed E-state index contributed by atoms with van der Waals surface area (Å²) in [5.74, 6) is 0.780. The molecule has 0 aliphatic carbocycles. The third-order valence-corrected chi connectivity index (χ3v) is 1.75. The molecule has 0 saturated heterocycles. The number of rotatable bonds is 3. The van der Waals surface area contributed by atoms with E-state index in [1.807, 2.05) is 13.8 Å². The van der Waals surface area contributed by atoms with Gasteiger partial charge in [0.25, 0.3) is 0 Å². The molecule has 1 unspecified atom stereocenters. The lowest BCUT2D eigenvalue weighted by Gasteiger charge is -2.09. The predicted octanol–water partition coefficient (Wildman–Crippen LogP) is 2.29. The average Bonchev–Trinajstić information content (AvgIpc) is 2.34. The molecule has 4 heteroatoms. The van der Waals surface area contributed by atoms with Gasteiger partial charge in [-0.1, -0.05) is 18.2 Å². The van der Waals surface area contributed by atoms with E-state index in [0.29, 0.717) is 5.03 Å². The number of aryl methyl sites for hydroxylation is 1. The summed E-state index contributed by atoms with van der Waals surface area (Å²) in [4.78, 5) is 4.02. The van der Waals surface area contributed by atoms with E-state index < -0.39 is 0 Å². The van der Waals surface area contributed by atoms with Gasteiger partial charge in [0.05, 0.1) is 6.04 Å². The summed E-state index contributed by atoms with van der Waals surface area (Å²) in [6.07, 6.45) is 2.43. The highest BCUT2D eigenvalue weighted by molar-refractivity contribution is 6.29. The molecule has 1 atom stereocenters. The fourth-order valence-electron chi connectivity index (χ4n) is 0.988. The van der Waals surface area contributed by atoms with Gasteiger partial charge in [-0.15, -0.1) is 0 Å².